The Morgan fingerprint density at radius 1 is 1.12 bits per heavy atom. The van der Waals surface area contributed by atoms with E-state index in [4.69, 9.17) is 0 Å². The summed E-state index contributed by atoms with van der Waals surface area (Å²) in [5.74, 6) is -1.22. The van der Waals surface area contributed by atoms with Gasteiger partial charge >= 0.3 is 0 Å². The van der Waals surface area contributed by atoms with E-state index in [2.05, 4.69) is 11.6 Å². The van der Waals surface area contributed by atoms with Crippen molar-refractivity contribution in [2.45, 2.75) is 12.1 Å². The van der Waals surface area contributed by atoms with Gasteiger partial charge in [-0.1, -0.05) is 54.2 Å². The summed E-state index contributed by atoms with van der Waals surface area (Å²) in [5, 5.41) is 11.9. The zero-order valence-electron chi connectivity index (χ0n) is 13.6. The molecule has 0 aliphatic carbocycles. The van der Waals surface area contributed by atoms with Crippen LogP contribution in [0.2, 0.25) is 0 Å². The highest BCUT2D eigenvalue weighted by Crippen LogP contribution is 2.27. The van der Waals surface area contributed by atoms with Crippen LogP contribution in [0.4, 0.5) is 0 Å². The van der Waals surface area contributed by atoms with Crippen LogP contribution in [0, 0.1) is 0 Å². The Bertz CT molecular complexity index is 991. The smallest absolute Gasteiger partial charge is 0.265 e. The number of carboxylic acids is 1. The van der Waals surface area contributed by atoms with E-state index in [0.29, 0.717) is 21.9 Å². The highest BCUT2D eigenvalue weighted by atomic mass is 32.2. The lowest BCUT2D eigenvalue weighted by Crippen LogP contribution is -2.26. The SMILES string of the molecule is C=C(C)CSc1nc2ccccc2n1C(=O)c1ccccc1C(=O)[O-]. The molecule has 0 aliphatic rings. The molecule has 0 radical (unpaired) electrons. The summed E-state index contributed by atoms with van der Waals surface area (Å²) in [5.41, 5.74) is 2.19. The molecule has 25 heavy (non-hydrogen) atoms. The molecule has 6 heteroatoms. The second-order valence-electron chi connectivity index (χ2n) is 5.60. The van der Waals surface area contributed by atoms with E-state index < -0.39 is 11.9 Å². The van der Waals surface area contributed by atoms with Crippen LogP contribution in [0.25, 0.3) is 11.0 Å². The van der Waals surface area contributed by atoms with Gasteiger partial charge in [0.1, 0.15) is 0 Å². The molecule has 3 aromatic rings. The van der Waals surface area contributed by atoms with E-state index in [0.717, 1.165) is 5.57 Å². The van der Waals surface area contributed by atoms with Crippen molar-refractivity contribution in [1.29, 1.82) is 0 Å². The minimum Gasteiger partial charge on any atom is -0.545 e. The van der Waals surface area contributed by atoms with Crippen molar-refractivity contribution < 1.29 is 14.7 Å². The minimum absolute atomic E-state index is 0.0721. The average Bonchev–Trinajstić information content (AvgIpc) is 2.97. The highest BCUT2D eigenvalue weighted by Gasteiger charge is 2.21. The summed E-state index contributed by atoms with van der Waals surface area (Å²) in [7, 11) is 0. The Labute approximate surface area is 149 Å². The van der Waals surface area contributed by atoms with Crippen LogP contribution in [-0.2, 0) is 0 Å². The van der Waals surface area contributed by atoms with Gasteiger partial charge < -0.3 is 9.90 Å². The van der Waals surface area contributed by atoms with E-state index in [1.807, 2.05) is 25.1 Å². The first-order chi connectivity index (χ1) is 12.0. The lowest BCUT2D eigenvalue weighted by molar-refractivity contribution is -0.255. The van der Waals surface area contributed by atoms with E-state index in [-0.39, 0.29) is 11.1 Å². The molecule has 0 fully saturated rings. The Morgan fingerprint density at radius 3 is 2.44 bits per heavy atom. The van der Waals surface area contributed by atoms with Crippen molar-refractivity contribution in [2.24, 2.45) is 0 Å². The molecule has 0 spiro atoms. The Balaban J connectivity index is 2.17. The minimum atomic E-state index is -1.38. The molecule has 1 aromatic heterocycles. The first-order valence-electron chi connectivity index (χ1n) is 7.59. The van der Waals surface area contributed by atoms with Crippen molar-refractivity contribution in [3.05, 3.63) is 71.8 Å². The summed E-state index contributed by atoms with van der Waals surface area (Å²) < 4.78 is 1.45. The molecule has 0 saturated carbocycles. The highest BCUT2D eigenvalue weighted by molar-refractivity contribution is 7.99. The monoisotopic (exact) mass is 351 g/mol. The van der Waals surface area contributed by atoms with E-state index in [1.165, 1.54) is 28.5 Å². The molecular formula is C19H15N2O3S-. The maximum Gasteiger partial charge on any atom is 0.265 e. The number of nitrogens with zero attached hydrogens (tertiary/aromatic N) is 2. The topological polar surface area (TPSA) is 75.0 Å². The lowest BCUT2D eigenvalue weighted by atomic mass is 10.1. The fourth-order valence-electron chi connectivity index (χ4n) is 2.45. The second-order valence-corrected chi connectivity index (χ2v) is 6.54. The lowest BCUT2D eigenvalue weighted by Gasteiger charge is -2.12. The number of carboxylic acid groups (broad SMARTS) is 1. The number of fused-ring (bicyclic) bond motifs is 1. The van der Waals surface area contributed by atoms with Gasteiger partial charge in [0.15, 0.2) is 5.16 Å². The van der Waals surface area contributed by atoms with Crippen molar-refractivity contribution >= 4 is 34.7 Å². The summed E-state index contributed by atoms with van der Waals surface area (Å²) in [6.45, 7) is 5.76. The second kappa shape index (κ2) is 6.94. The number of para-hydroxylation sites is 2. The summed E-state index contributed by atoms with van der Waals surface area (Å²) in [4.78, 5) is 29.0. The molecule has 0 N–H and O–H groups in total. The number of thioether (sulfide) groups is 1. The number of imidazole rings is 1. The third-order valence-corrected chi connectivity index (χ3v) is 4.73. The Hall–Kier alpha value is -2.86. The first kappa shape index (κ1) is 17.0. The Kier molecular flexibility index (Phi) is 4.72. The van der Waals surface area contributed by atoms with Crippen LogP contribution in [0.5, 0.6) is 0 Å². The number of hydrogen-bond donors (Lipinski definition) is 0. The largest absolute Gasteiger partial charge is 0.545 e. The first-order valence-corrected chi connectivity index (χ1v) is 8.57. The molecule has 0 atom stereocenters. The standard InChI is InChI=1S/C19H16N2O3S/c1-12(2)11-25-19-20-15-9-5-6-10-16(15)21(19)17(22)13-7-3-4-8-14(13)18(23)24/h3-10H,1,11H2,2H3,(H,23,24)/p-1. The van der Waals surface area contributed by atoms with Gasteiger partial charge in [0.2, 0.25) is 0 Å². The van der Waals surface area contributed by atoms with Crippen LogP contribution in [0.15, 0.2) is 65.8 Å². The van der Waals surface area contributed by atoms with Gasteiger partial charge in [0.05, 0.1) is 17.0 Å². The normalized spacial score (nSPS) is 10.8. The molecule has 0 saturated heterocycles. The van der Waals surface area contributed by atoms with E-state index in [9.17, 15) is 14.7 Å². The molecular weight excluding hydrogens is 336 g/mol. The van der Waals surface area contributed by atoms with Crippen molar-refractivity contribution in [2.75, 3.05) is 5.75 Å². The number of rotatable bonds is 5. The third kappa shape index (κ3) is 3.34. The van der Waals surface area contributed by atoms with E-state index in [1.54, 1.807) is 18.2 Å². The molecule has 126 valence electrons. The van der Waals surface area contributed by atoms with Crippen LogP contribution < -0.4 is 5.11 Å². The molecule has 3 rings (SSSR count). The maximum atomic E-state index is 13.1. The summed E-state index contributed by atoms with van der Waals surface area (Å²) in [6, 6.07) is 13.3. The Morgan fingerprint density at radius 2 is 1.76 bits per heavy atom. The van der Waals surface area contributed by atoms with Gasteiger partial charge in [-0.3, -0.25) is 9.36 Å². The zero-order chi connectivity index (χ0) is 18.0. The van der Waals surface area contributed by atoms with Crippen molar-refractivity contribution in [3.63, 3.8) is 0 Å². The number of aromatic nitrogens is 2. The van der Waals surface area contributed by atoms with Gasteiger partial charge in [-0.15, -0.1) is 0 Å². The van der Waals surface area contributed by atoms with Gasteiger partial charge in [0, 0.05) is 16.9 Å². The van der Waals surface area contributed by atoms with Crippen molar-refractivity contribution in [3.8, 4) is 0 Å². The molecule has 0 amide bonds. The number of benzene rings is 2. The number of aromatic carboxylic acids is 1. The summed E-state index contributed by atoms with van der Waals surface area (Å²) in [6.07, 6.45) is 0. The van der Waals surface area contributed by atoms with E-state index >= 15 is 0 Å². The number of hydrogen-bond acceptors (Lipinski definition) is 5. The van der Waals surface area contributed by atoms with Crippen LogP contribution in [0.1, 0.15) is 27.6 Å². The zero-order valence-corrected chi connectivity index (χ0v) is 14.4. The van der Waals surface area contributed by atoms with Gasteiger partial charge in [0.25, 0.3) is 5.91 Å². The molecule has 0 unspecified atom stereocenters. The number of carbonyl (C=O) groups excluding carboxylic acids is 2. The van der Waals surface area contributed by atoms with Gasteiger partial charge in [-0.2, -0.15) is 0 Å². The van der Waals surface area contributed by atoms with Crippen LogP contribution >= 0.6 is 11.8 Å². The average molecular weight is 351 g/mol. The van der Waals surface area contributed by atoms with Crippen molar-refractivity contribution in [1.82, 2.24) is 9.55 Å². The third-order valence-electron chi connectivity index (χ3n) is 3.56. The predicted molar refractivity (Wildman–Crippen MR) is 95.8 cm³/mol. The summed E-state index contributed by atoms with van der Waals surface area (Å²) >= 11 is 1.39. The molecule has 1 heterocycles. The van der Waals surface area contributed by atoms with Gasteiger partial charge in [-0.25, -0.2) is 4.98 Å². The molecule has 5 nitrogen and oxygen atoms in total. The quantitative estimate of drug-likeness (QED) is 0.522. The molecule has 2 aromatic carbocycles. The van der Waals surface area contributed by atoms with Gasteiger partial charge in [-0.05, 0) is 25.1 Å². The molecule has 0 aliphatic heterocycles. The fraction of sp³-hybridized carbons (Fsp3) is 0.105. The fourth-order valence-corrected chi connectivity index (χ4v) is 3.30. The van der Waals surface area contributed by atoms with Crippen LogP contribution in [0.3, 0.4) is 0 Å². The van der Waals surface area contributed by atoms with Crippen LogP contribution in [-0.4, -0.2) is 27.2 Å². The molecule has 0 bridgehead atoms. The predicted octanol–water partition coefficient (Wildman–Crippen LogP) is 2.76. The number of carbonyl (C=O) groups is 2. The maximum absolute atomic E-state index is 13.1.